The van der Waals surface area contributed by atoms with Gasteiger partial charge in [0, 0.05) is 12.6 Å². The molecule has 5 heteroatoms. The second-order valence-corrected chi connectivity index (χ2v) is 5.40. The third-order valence-electron chi connectivity index (χ3n) is 4.19. The van der Waals surface area contributed by atoms with Gasteiger partial charge in [-0.2, -0.15) is 0 Å². The predicted molar refractivity (Wildman–Crippen MR) is 69.6 cm³/mol. The Morgan fingerprint density at radius 3 is 2.80 bits per heavy atom. The number of morpholine rings is 1. The molecule has 0 spiro atoms. The minimum absolute atomic E-state index is 0.0579. The Morgan fingerprint density at radius 1 is 1.30 bits per heavy atom. The van der Waals surface area contributed by atoms with E-state index in [0.29, 0.717) is 13.2 Å². The van der Waals surface area contributed by atoms with Crippen molar-refractivity contribution in [3.8, 4) is 0 Å². The number of nitrogens with zero attached hydrogens (tertiary/aromatic N) is 1. The topological polar surface area (TPSA) is 29.5 Å². The number of hydrogen-bond donors (Lipinski definition) is 0. The van der Waals surface area contributed by atoms with Gasteiger partial charge in [-0.1, -0.05) is 6.07 Å². The molecule has 0 N–H and O–H groups in total. The Labute approximate surface area is 116 Å². The predicted octanol–water partition coefficient (Wildman–Crippen LogP) is 2.40. The van der Waals surface area contributed by atoms with Crippen LogP contribution in [0.15, 0.2) is 18.2 Å². The molecule has 2 fully saturated rings. The molecule has 0 bridgehead atoms. The maximum Gasteiger partial charge on any atom is 0.182 e. The summed E-state index contributed by atoms with van der Waals surface area (Å²) in [6.07, 6.45) is 3.23. The van der Waals surface area contributed by atoms with Gasteiger partial charge in [-0.3, -0.25) is 9.69 Å². The molecule has 1 saturated carbocycles. The highest BCUT2D eigenvalue weighted by atomic mass is 19.1. The third kappa shape index (κ3) is 2.47. The van der Waals surface area contributed by atoms with Crippen LogP contribution in [0, 0.1) is 11.6 Å². The first-order valence-corrected chi connectivity index (χ1v) is 6.99. The van der Waals surface area contributed by atoms with Gasteiger partial charge in [0.1, 0.15) is 11.6 Å². The molecule has 2 unspecified atom stereocenters. The zero-order chi connectivity index (χ0) is 14.1. The Bertz CT molecular complexity index is 500. The molecule has 0 radical (unpaired) electrons. The highest BCUT2D eigenvalue weighted by molar-refractivity contribution is 5.98. The Morgan fingerprint density at radius 2 is 2.05 bits per heavy atom. The first-order valence-electron chi connectivity index (χ1n) is 6.99. The van der Waals surface area contributed by atoms with Crippen LogP contribution >= 0.6 is 0 Å². The van der Waals surface area contributed by atoms with Gasteiger partial charge in [-0.15, -0.1) is 0 Å². The molecule has 2 aliphatic rings. The first-order chi connectivity index (χ1) is 9.66. The smallest absolute Gasteiger partial charge is 0.182 e. The molecule has 1 aliphatic heterocycles. The maximum absolute atomic E-state index is 13.6. The van der Waals surface area contributed by atoms with Crippen LogP contribution in [0.1, 0.15) is 29.6 Å². The van der Waals surface area contributed by atoms with Crippen LogP contribution in [0.4, 0.5) is 8.78 Å². The van der Waals surface area contributed by atoms with Crippen molar-refractivity contribution in [2.75, 3.05) is 19.7 Å². The van der Waals surface area contributed by atoms with E-state index in [1.807, 2.05) is 4.90 Å². The molecule has 3 nitrogen and oxygen atoms in total. The van der Waals surface area contributed by atoms with Crippen molar-refractivity contribution in [3.05, 3.63) is 35.4 Å². The van der Waals surface area contributed by atoms with Gasteiger partial charge in [-0.05, 0) is 31.4 Å². The van der Waals surface area contributed by atoms with Crippen LogP contribution in [0.2, 0.25) is 0 Å². The summed E-state index contributed by atoms with van der Waals surface area (Å²) in [5, 5.41) is 0. The fourth-order valence-corrected chi connectivity index (χ4v) is 3.23. The van der Waals surface area contributed by atoms with Crippen molar-refractivity contribution >= 4 is 5.78 Å². The van der Waals surface area contributed by atoms with Crippen LogP contribution in [-0.2, 0) is 4.74 Å². The summed E-state index contributed by atoms with van der Waals surface area (Å²) in [4.78, 5) is 14.2. The molecule has 20 heavy (non-hydrogen) atoms. The van der Waals surface area contributed by atoms with Crippen molar-refractivity contribution < 1.29 is 18.3 Å². The van der Waals surface area contributed by atoms with Gasteiger partial charge in [0.25, 0.3) is 0 Å². The van der Waals surface area contributed by atoms with Gasteiger partial charge >= 0.3 is 0 Å². The van der Waals surface area contributed by atoms with E-state index in [1.54, 1.807) is 0 Å². The van der Waals surface area contributed by atoms with E-state index >= 15 is 0 Å². The lowest BCUT2D eigenvalue weighted by Crippen LogP contribution is -2.50. The second kappa shape index (κ2) is 5.58. The minimum atomic E-state index is -0.786. The summed E-state index contributed by atoms with van der Waals surface area (Å²) in [6.45, 7) is 1.28. The van der Waals surface area contributed by atoms with Crippen LogP contribution in [-0.4, -0.2) is 42.5 Å². The quantitative estimate of drug-likeness (QED) is 0.797. The van der Waals surface area contributed by atoms with Crippen molar-refractivity contribution in [2.24, 2.45) is 0 Å². The standard InChI is InChI=1S/C15H17F2NO2/c16-10-3-1-4-11(17)15(10)13(19)9-18-7-8-20-14-6-2-5-12(14)18/h1,3-4,12,14H,2,5-9H2. The van der Waals surface area contributed by atoms with Crippen molar-refractivity contribution in [1.29, 1.82) is 0 Å². The molecule has 2 atom stereocenters. The zero-order valence-corrected chi connectivity index (χ0v) is 11.1. The van der Waals surface area contributed by atoms with Crippen molar-refractivity contribution in [3.63, 3.8) is 0 Å². The normalized spacial score (nSPS) is 26.5. The number of Topliss-reactive ketones (excluding diaryl/α,β-unsaturated/α-hetero) is 1. The molecule has 108 valence electrons. The number of ketones is 1. The molecule has 1 saturated heterocycles. The molecule has 1 aromatic carbocycles. The van der Waals surface area contributed by atoms with Gasteiger partial charge < -0.3 is 4.74 Å². The van der Waals surface area contributed by atoms with Gasteiger partial charge in [0.2, 0.25) is 0 Å². The minimum Gasteiger partial charge on any atom is -0.375 e. The van der Waals surface area contributed by atoms with Crippen LogP contribution in [0.3, 0.4) is 0 Å². The first kappa shape index (κ1) is 13.6. The van der Waals surface area contributed by atoms with E-state index in [1.165, 1.54) is 6.07 Å². The van der Waals surface area contributed by atoms with Crippen LogP contribution in [0.5, 0.6) is 0 Å². The Hall–Kier alpha value is -1.33. The highest BCUT2D eigenvalue weighted by Gasteiger charge is 2.37. The number of hydrogen-bond acceptors (Lipinski definition) is 3. The number of rotatable bonds is 3. The molecule has 1 aliphatic carbocycles. The fourth-order valence-electron chi connectivity index (χ4n) is 3.23. The third-order valence-corrected chi connectivity index (χ3v) is 4.19. The lowest BCUT2D eigenvalue weighted by Gasteiger charge is -2.37. The fraction of sp³-hybridized carbons (Fsp3) is 0.533. The Kier molecular flexibility index (Phi) is 3.81. The summed E-state index contributed by atoms with van der Waals surface area (Å²) in [5.41, 5.74) is -0.423. The summed E-state index contributed by atoms with van der Waals surface area (Å²) in [5.74, 6) is -2.06. The van der Waals surface area contributed by atoms with E-state index in [-0.39, 0.29) is 18.7 Å². The van der Waals surface area contributed by atoms with E-state index in [2.05, 4.69) is 0 Å². The lowest BCUT2D eigenvalue weighted by molar-refractivity contribution is -0.0522. The monoisotopic (exact) mass is 281 g/mol. The molecule has 0 amide bonds. The van der Waals surface area contributed by atoms with Crippen molar-refractivity contribution in [1.82, 2.24) is 4.90 Å². The molecule has 0 aromatic heterocycles. The number of benzene rings is 1. The van der Waals surface area contributed by atoms with E-state index in [0.717, 1.165) is 31.4 Å². The van der Waals surface area contributed by atoms with Crippen molar-refractivity contribution in [2.45, 2.75) is 31.4 Å². The lowest BCUT2D eigenvalue weighted by atomic mass is 10.1. The second-order valence-electron chi connectivity index (χ2n) is 5.40. The summed E-state index contributed by atoms with van der Waals surface area (Å²) in [7, 11) is 0. The molecular formula is C15H17F2NO2. The zero-order valence-electron chi connectivity index (χ0n) is 11.1. The number of halogens is 2. The number of ether oxygens (including phenoxy) is 1. The molecule has 3 rings (SSSR count). The molecule has 1 heterocycles. The number of carbonyl (C=O) groups excluding carboxylic acids is 1. The number of carbonyl (C=O) groups is 1. The average Bonchev–Trinajstić information content (AvgIpc) is 2.88. The van der Waals surface area contributed by atoms with Crippen LogP contribution in [0.25, 0.3) is 0 Å². The van der Waals surface area contributed by atoms with Gasteiger partial charge in [0.05, 0.1) is 24.8 Å². The highest BCUT2D eigenvalue weighted by Crippen LogP contribution is 2.29. The summed E-state index contributed by atoms with van der Waals surface area (Å²) in [6, 6.07) is 3.72. The van der Waals surface area contributed by atoms with E-state index in [4.69, 9.17) is 4.74 Å². The summed E-state index contributed by atoms with van der Waals surface area (Å²) < 4.78 is 32.9. The van der Waals surface area contributed by atoms with E-state index < -0.39 is 23.0 Å². The van der Waals surface area contributed by atoms with Gasteiger partial charge in [0.15, 0.2) is 5.78 Å². The molecule has 1 aromatic rings. The van der Waals surface area contributed by atoms with Crippen LogP contribution < -0.4 is 0 Å². The van der Waals surface area contributed by atoms with E-state index in [9.17, 15) is 13.6 Å². The number of fused-ring (bicyclic) bond motifs is 1. The Balaban J connectivity index is 1.75. The largest absolute Gasteiger partial charge is 0.375 e. The maximum atomic E-state index is 13.6. The van der Waals surface area contributed by atoms with Gasteiger partial charge in [-0.25, -0.2) is 8.78 Å². The molecular weight excluding hydrogens is 264 g/mol. The summed E-state index contributed by atoms with van der Waals surface area (Å²) >= 11 is 0. The average molecular weight is 281 g/mol. The SMILES string of the molecule is O=C(CN1CCOC2CCCC21)c1c(F)cccc1F.